The van der Waals surface area contributed by atoms with E-state index in [-0.39, 0.29) is 0 Å². The van der Waals surface area contributed by atoms with Gasteiger partial charge in [-0.3, -0.25) is 4.90 Å². The molecule has 2 heterocycles. The molecule has 0 amide bonds. The Labute approximate surface area is 114 Å². The van der Waals surface area contributed by atoms with Crippen molar-refractivity contribution in [2.24, 2.45) is 0 Å². The quantitative estimate of drug-likeness (QED) is 0.757. The first kappa shape index (κ1) is 17.9. The van der Waals surface area contributed by atoms with Gasteiger partial charge in [-0.2, -0.15) is 0 Å². The van der Waals surface area contributed by atoms with E-state index in [2.05, 4.69) is 16.7 Å². The van der Waals surface area contributed by atoms with Gasteiger partial charge in [-0.25, -0.2) is 0 Å². The average Bonchev–Trinajstić information content (AvgIpc) is 2.52. The first-order valence-electron chi connectivity index (χ1n) is 7.94. The zero-order valence-corrected chi connectivity index (χ0v) is 13.2. The van der Waals surface area contributed by atoms with E-state index < -0.39 is 0 Å². The standard InChI is InChI=1S/C11H22N2O.2C2H6/c1-2-12-5-3-11(4-6-12)13-7-9-14-10-8-13;2*1-2/h11H,2-10H2,1H3;2*1-2H3. The molecule has 2 rings (SSSR count). The Morgan fingerprint density at radius 2 is 1.39 bits per heavy atom. The first-order chi connectivity index (χ1) is 8.90. The number of ether oxygens (including phenoxy) is 1. The summed E-state index contributed by atoms with van der Waals surface area (Å²) in [4.78, 5) is 5.17. The maximum atomic E-state index is 5.38. The summed E-state index contributed by atoms with van der Waals surface area (Å²) in [6.07, 6.45) is 2.71. The van der Waals surface area contributed by atoms with E-state index in [4.69, 9.17) is 4.74 Å². The van der Waals surface area contributed by atoms with Crippen LogP contribution < -0.4 is 0 Å². The monoisotopic (exact) mass is 258 g/mol. The molecule has 2 fully saturated rings. The van der Waals surface area contributed by atoms with Crippen LogP contribution in [0, 0.1) is 0 Å². The Bertz CT molecular complexity index is 162. The molecule has 0 radical (unpaired) electrons. The summed E-state index contributed by atoms with van der Waals surface area (Å²) in [7, 11) is 0. The molecule has 2 saturated heterocycles. The summed E-state index contributed by atoms with van der Waals surface area (Å²) >= 11 is 0. The van der Waals surface area contributed by atoms with Crippen LogP contribution in [0.3, 0.4) is 0 Å². The Kier molecular flexibility index (Phi) is 11.9. The van der Waals surface area contributed by atoms with E-state index in [1.807, 2.05) is 27.7 Å². The predicted molar refractivity (Wildman–Crippen MR) is 80.2 cm³/mol. The van der Waals surface area contributed by atoms with Gasteiger partial charge >= 0.3 is 0 Å². The van der Waals surface area contributed by atoms with Gasteiger partial charge in [-0.15, -0.1) is 0 Å². The van der Waals surface area contributed by atoms with E-state index in [1.165, 1.54) is 32.5 Å². The Morgan fingerprint density at radius 1 is 0.889 bits per heavy atom. The van der Waals surface area contributed by atoms with E-state index in [0.29, 0.717) is 0 Å². The van der Waals surface area contributed by atoms with Crippen molar-refractivity contribution in [3.05, 3.63) is 0 Å². The van der Waals surface area contributed by atoms with E-state index >= 15 is 0 Å². The van der Waals surface area contributed by atoms with Gasteiger partial charge in [-0.1, -0.05) is 34.6 Å². The van der Waals surface area contributed by atoms with Crippen molar-refractivity contribution >= 4 is 0 Å². The van der Waals surface area contributed by atoms with Gasteiger partial charge in [0, 0.05) is 19.1 Å². The molecule has 0 unspecified atom stereocenters. The van der Waals surface area contributed by atoms with Crippen molar-refractivity contribution in [2.45, 2.75) is 53.5 Å². The van der Waals surface area contributed by atoms with Crippen LogP contribution in [0.2, 0.25) is 0 Å². The Hall–Kier alpha value is -0.120. The second-order valence-corrected chi connectivity index (χ2v) is 4.31. The van der Waals surface area contributed by atoms with Gasteiger partial charge in [0.05, 0.1) is 13.2 Å². The van der Waals surface area contributed by atoms with Crippen LogP contribution in [0.25, 0.3) is 0 Å². The lowest BCUT2D eigenvalue weighted by molar-refractivity contribution is 0.00134. The molecular weight excluding hydrogens is 224 g/mol. The fourth-order valence-electron chi connectivity index (χ4n) is 2.54. The molecule has 0 spiro atoms. The Balaban J connectivity index is 0.000000659. The molecule has 0 bridgehead atoms. The highest BCUT2D eigenvalue weighted by molar-refractivity contribution is 4.80. The lowest BCUT2D eigenvalue weighted by Gasteiger charge is -2.39. The number of likely N-dealkylation sites (tertiary alicyclic amines) is 1. The topological polar surface area (TPSA) is 15.7 Å². The van der Waals surface area contributed by atoms with Gasteiger partial charge in [0.25, 0.3) is 0 Å². The SMILES string of the molecule is CC.CC.CCN1CCC(N2CCOCC2)CC1. The van der Waals surface area contributed by atoms with Crippen molar-refractivity contribution in [3.63, 3.8) is 0 Å². The highest BCUT2D eigenvalue weighted by atomic mass is 16.5. The third kappa shape index (κ3) is 6.17. The van der Waals surface area contributed by atoms with Gasteiger partial charge in [0.1, 0.15) is 0 Å². The molecule has 3 nitrogen and oxygen atoms in total. The second kappa shape index (κ2) is 11.9. The minimum absolute atomic E-state index is 0.835. The summed E-state index contributed by atoms with van der Waals surface area (Å²) in [6, 6.07) is 0.835. The largest absolute Gasteiger partial charge is 0.379 e. The third-order valence-corrected chi connectivity index (χ3v) is 3.57. The molecule has 0 aromatic rings. The fraction of sp³-hybridized carbons (Fsp3) is 1.00. The molecule has 0 aromatic heterocycles. The van der Waals surface area contributed by atoms with Crippen LogP contribution in [0.15, 0.2) is 0 Å². The lowest BCUT2D eigenvalue weighted by atomic mass is 10.0. The number of morpholine rings is 1. The highest BCUT2D eigenvalue weighted by Crippen LogP contribution is 2.17. The zero-order chi connectivity index (χ0) is 13.8. The van der Waals surface area contributed by atoms with E-state index in [1.54, 1.807) is 0 Å². The molecule has 0 atom stereocenters. The zero-order valence-electron chi connectivity index (χ0n) is 13.2. The molecule has 0 saturated carbocycles. The average molecular weight is 258 g/mol. The summed E-state index contributed by atoms with van der Waals surface area (Å²) in [6.45, 7) is 18.2. The normalized spacial score (nSPS) is 22.5. The predicted octanol–water partition coefficient (Wildman–Crippen LogP) is 2.86. The fourth-order valence-corrected chi connectivity index (χ4v) is 2.54. The molecular formula is C15H34N2O. The van der Waals surface area contributed by atoms with Crippen LogP contribution in [-0.2, 0) is 4.74 Å². The summed E-state index contributed by atoms with van der Waals surface area (Å²) < 4.78 is 5.38. The number of piperidine rings is 1. The van der Waals surface area contributed by atoms with Crippen molar-refractivity contribution < 1.29 is 4.74 Å². The van der Waals surface area contributed by atoms with Crippen LogP contribution in [0.4, 0.5) is 0 Å². The van der Waals surface area contributed by atoms with Gasteiger partial charge < -0.3 is 9.64 Å². The number of nitrogens with zero attached hydrogens (tertiary/aromatic N) is 2. The lowest BCUT2D eigenvalue weighted by Crippen LogP contribution is -2.48. The molecule has 2 aliphatic heterocycles. The third-order valence-electron chi connectivity index (χ3n) is 3.57. The first-order valence-corrected chi connectivity index (χ1v) is 7.94. The molecule has 0 N–H and O–H groups in total. The minimum Gasteiger partial charge on any atom is -0.379 e. The maximum Gasteiger partial charge on any atom is 0.0594 e. The summed E-state index contributed by atoms with van der Waals surface area (Å²) in [5, 5.41) is 0. The van der Waals surface area contributed by atoms with E-state index in [9.17, 15) is 0 Å². The highest BCUT2D eigenvalue weighted by Gasteiger charge is 2.24. The summed E-state index contributed by atoms with van der Waals surface area (Å²) in [5.74, 6) is 0. The van der Waals surface area contributed by atoms with Crippen LogP contribution in [0.1, 0.15) is 47.5 Å². The van der Waals surface area contributed by atoms with Crippen LogP contribution in [0.5, 0.6) is 0 Å². The molecule has 0 aromatic carbocycles. The van der Waals surface area contributed by atoms with Gasteiger partial charge in [-0.05, 0) is 32.5 Å². The smallest absolute Gasteiger partial charge is 0.0594 e. The molecule has 18 heavy (non-hydrogen) atoms. The van der Waals surface area contributed by atoms with Crippen molar-refractivity contribution in [1.82, 2.24) is 9.80 Å². The Morgan fingerprint density at radius 3 is 1.83 bits per heavy atom. The van der Waals surface area contributed by atoms with Crippen LogP contribution >= 0.6 is 0 Å². The molecule has 110 valence electrons. The number of hydrogen-bond donors (Lipinski definition) is 0. The number of hydrogen-bond acceptors (Lipinski definition) is 3. The van der Waals surface area contributed by atoms with Gasteiger partial charge in [0.15, 0.2) is 0 Å². The molecule has 0 aliphatic carbocycles. The van der Waals surface area contributed by atoms with Crippen LogP contribution in [-0.4, -0.2) is 61.8 Å². The molecule has 2 aliphatic rings. The van der Waals surface area contributed by atoms with Crippen molar-refractivity contribution in [2.75, 3.05) is 45.9 Å². The van der Waals surface area contributed by atoms with Crippen molar-refractivity contribution in [1.29, 1.82) is 0 Å². The molecule has 3 heteroatoms. The van der Waals surface area contributed by atoms with Gasteiger partial charge in [0.2, 0.25) is 0 Å². The second-order valence-electron chi connectivity index (χ2n) is 4.31. The minimum atomic E-state index is 0.835. The summed E-state index contributed by atoms with van der Waals surface area (Å²) in [5.41, 5.74) is 0. The maximum absolute atomic E-state index is 5.38. The van der Waals surface area contributed by atoms with Crippen molar-refractivity contribution in [3.8, 4) is 0 Å². The van der Waals surface area contributed by atoms with E-state index in [0.717, 1.165) is 32.3 Å². The number of rotatable bonds is 2.